The van der Waals surface area contributed by atoms with E-state index in [0.717, 1.165) is 3.57 Å². The van der Waals surface area contributed by atoms with E-state index in [1.54, 1.807) is 6.07 Å². The summed E-state index contributed by atoms with van der Waals surface area (Å²) in [5.74, 6) is 0.337. The molecule has 0 amide bonds. The summed E-state index contributed by atoms with van der Waals surface area (Å²) in [5, 5.41) is 8.86. The number of halogens is 2. The normalized spacial score (nSPS) is 10.1. The van der Waals surface area contributed by atoms with Crippen LogP contribution in [0.25, 0.3) is 0 Å². The number of carboxylic acid groups (broad SMARTS) is 1. The molecule has 0 unspecified atom stereocenters. The topological polar surface area (TPSA) is 46.5 Å². The number of carbonyl (C=O) groups is 1. The van der Waals surface area contributed by atoms with Gasteiger partial charge in [-0.2, -0.15) is 0 Å². The van der Waals surface area contributed by atoms with Gasteiger partial charge in [0.2, 0.25) is 0 Å². The predicted molar refractivity (Wildman–Crippen MR) is 80.3 cm³/mol. The van der Waals surface area contributed by atoms with E-state index in [9.17, 15) is 4.79 Å². The van der Waals surface area contributed by atoms with Crippen LogP contribution in [0.15, 0.2) is 46.9 Å². The van der Waals surface area contributed by atoms with Gasteiger partial charge in [-0.3, -0.25) is 0 Å². The highest BCUT2D eigenvalue weighted by Crippen LogP contribution is 2.31. The molecule has 92 valence electrons. The Hall–Kier alpha value is -1.08. The van der Waals surface area contributed by atoms with Crippen molar-refractivity contribution >= 4 is 44.5 Å². The Morgan fingerprint density at radius 1 is 1.22 bits per heavy atom. The lowest BCUT2D eigenvalue weighted by molar-refractivity contribution is 0.0697. The number of aromatic carboxylic acids is 1. The SMILES string of the molecule is O=C(O)c1ccc(Oc2cccc(I)c2)c(Br)c1. The van der Waals surface area contributed by atoms with Crippen LogP contribution in [0.5, 0.6) is 11.5 Å². The number of hydrogen-bond acceptors (Lipinski definition) is 2. The van der Waals surface area contributed by atoms with E-state index in [2.05, 4.69) is 38.5 Å². The lowest BCUT2D eigenvalue weighted by atomic mass is 10.2. The Kier molecular flexibility index (Phi) is 4.23. The quantitative estimate of drug-likeness (QED) is 0.744. The number of ether oxygens (including phenoxy) is 1. The average Bonchev–Trinajstić information content (AvgIpc) is 2.31. The van der Waals surface area contributed by atoms with Gasteiger partial charge < -0.3 is 9.84 Å². The zero-order chi connectivity index (χ0) is 13.1. The van der Waals surface area contributed by atoms with Gasteiger partial charge in [-0.25, -0.2) is 4.79 Å². The smallest absolute Gasteiger partial charge is 0.335 e. The van der Waals surface area contributed by atoms with Crippen molar-refractivity contribution in [2.24, 2.45) is 0 Å². The van der Waals surface area contributed by atoms with Crippen molar-refractivity contribution in [1.29, 1.82) is 0 Å². The second-order valence-electron chi connectivity index (χ2n) is 3.51. The molecular formula is C13H8BrIO3. The molecule has 0 aliphatic heterocycles. The monoisotopic (exact) mass is 418 g/mol. The van der Waals surface area contributed by atoms with Crippen molar-refractivity contribution in [1.82, 2.24) is 0 Å². The predicted octanol–water partition coefficient (Wildman–Crippen LogP) is 4.54. The van der Waals surface area contributed by atoms with Crippen molar-refractivity contribution in [2.75, 3.05) is 0 Å². The Balaban J connectivity index is 2.27. The van der Waals surface area contributed by atoms with Crippen LogP contribution in [0.2, 0.25) is 0 Å². The first-order valence-corrected chi connectivity index (χ1v) is 6.90. The molecule has 0 heterocycles. The van der Waals surface area contributed by atoms with Crippen molar-refractivity contribution in [3.63, 3.8) is 0 Å². The third kappa shape index (κ3) is 3.23. The van der Waals surface area contributed by atoms with Gasteiger partial charge in [0, 0.05) is 3.57 Å². The minimum Gasteiger partial charge on any atom is -0.478 e. The maximum absolute atomic E-state index is 10.8. The molecule has 0 fully saturated rings. The van der Waals surface area contributed by atoms with E-state index in [1.165, 1.54) is 12.1 Å². The van der Waals surface area contributed by atoms with Crippen molar-refractivity contribution in [3.8, 4) is 11.5 Å². The average molecular weight is 419 g/mol. The molecule has 0 aliphatic carbocycles. The molecule has 2 rings (SSSR count). The van der Waals surface area contributed by atoms with Crippen LogP contribution < -0.4 is 4.74 Å². The number of benzene rings is 2. The van der Waals surface area contributed by atoms with E-state index in [1.807, 2.05) is 24.3 Å². The molecular weight excluding hydrogens is 411 g/mol. The largest absolute Gasteiger partial charge is 0.478 e. The molecule has 1 N–H and O–H groups in total. The molecule has 0 bridgehead atoms. The van der Waals surface area contributed by atoms with E-state index >= 15 is 0 Å². The fourth-order valence-corrected chi connectivity index (χ4v) is 2.35. The summed E-state index contributed by atoms with van der Waals surface area (Å²) in [5.41, 5.74) is 0.219. The molecule has 2 aromatic carbocycles. The van der Waals surface area contributed by atoms with E-state index in [4.69, 9.17) is 9.84 Å². The molecule has 0 saturated carbocycles. The number of hydrogen-bond donors (Lipinski definition) is 1. The van der Waals surface area contributed by atoms with Crippen LogP contribution in [0.4, 0.5) is 0 Å². The Bertz CT molecular complexity index is 599. The maximum Gasteiger partial charge on any atom is 0.335 e. The summed E-state index contributed by atoms with van der Waals surface area (Å²) >= 11 is 5.50. The van der Waals surface area contributed by atoms with Crippen molar-refractivity contribution in [2.45, 2.75) is 0 Å². The van der Waals surface area contributed by atoms with Gasteiger partial charge in [-0.05, 0) is 74.9 Å². The fraction of sp³-hybridized carbons (Fsp3) is 0. The van der Waals surface area contributed by atoms with Crippen LogP contribution >= 0.6 is 38.5 Å². The lowest BCUT2D eigenvalue weighted by Gasteiger charge is -2.08. The van der Waals surface area contributed by atoms with Crippen LogP contribution in [0, 0.1) is 3.57 Å². The van der Waals surface area contributed by atoms with Gasteiger partial charge in [-0.1, -0.05) is 6.07 Å². The first-order chi connectivity index (χ1) is 8.56. The van der Waals surface area contributed by atoms with Crippen molar-refractivity contribution < 1.29 is 14.6 Å². The minimum atomic E-state index is -0.962. The van der Waals surface area contributed by atoms with E-state index < -0.39 is 5.97 Å². The first-order valence-electron chi connectivity index (χ1n) is 5.02. The highest BCUT2D eigenvalue weighted by molar-refractivity contribution is 14.1. The second-order valence-corrected chi connectivity index (χ2v) is 5.61. The zero-order valence-corrected chi connectivity index (χ0v) is 12.8. The van der Waals surface area contributed by atoms with Crippen LogP contribution in [0.1, 0.15) is 10.4 Å². The van der Waals surface area contributed by atoms with Crippen LogP contribution in [-0.4, -0.2) is 11.1 Å². The van der Waals surface area contributed by atoms with Gasteiger partial charge in [0.1, 0.15) is 11.5 Å². The molecule has 0 spiro atoms. The summed E-state index contributed by atoms with van der Waals surface area (Å²) in [6.07, 6.45) is 0. The molecule has 0 saturated heterocycles. The summed E-state index contributed by atoms with van der Waals surface area (Å²) in [4.78, 5) is 10.8. The third-order valence-corrected chi connectivity index (χ3v) is 3.49. The summed E-state index contributed by atoms with van der Waals surface area (Å²) in [7, 11) is 0. The van der Waals surface area contributed by atoms with Gasteiger partial charge in [0.15, 0.2) is 0 Å². The summed E-state index contributed by atoms with van der Waals surface area (Å²) in [6.45, 7) is 0. The molecule has 18 heavy (non-hydrogen) atoms. The zero-order valence-electron chi connectivity index (χ0n) is 9.06. The maximum atomic E-state index is 10.8. The van der Waals surface area contributed by atoms with Crippen molar-refractivity contribution in [3.05, 3.63) is 56.1 Å². The molecule has 0 radical (unpaired) electrons. The lowest BCUT2D eigenvalue weighted by Crippen LogP contribution is -1.96. The van der Waals surface area contributed by atoms with Gasteiger partial charge in [-0.15, -0.1) is 0 Å². The van der Waals surface area contributed by atoms with Crippen LogP contribution in [0.3, 0.4) is 0 Å². The number of rotatable bonds is 3. The van der Waals surface area contributed by atoms with Gasteiger partial charge >= 0.3 is 5.97 Å². The molecule has 0 aliphatic rings. The molecule has 0 aromatic heterocycles. The molecule has 3 nitrogen and oxygen atoms in total. The standard InChI is InChI=1S/C13H8BrIO3/c14-11-6-8(13(16)17)4-5-12(11)18-10-3-1-2-9(15)7-10/h1-7H,(H,16,17). The Morgan fingerprint density at radius 3 is 2.61 bits per heavy atom. The molecule has 0 atom stereocenters. The highest BCUT2D eigenvalue weighted by Gasteiger charge is 2.08. The minimum absolute atomic E-state index is 0.219. The summed E-state index contributed by atoms with van der Waals surface area (Å²) < 4.78 is 7.36. The van der Waals surface area contributed by atoms with Crippen LogP contribution in [-0.2, 0) is 0 Å². The summed E-state index contributed by atoms with van der Waals surface area (Å²) in [6, 6.07) is 12.3. The Labute approximate surface area is 126 Å². The Morgan fingerprint density at radius 2 is 2.00 bits per heavy atom. The van der Waals surface area contributed by atoms with E-state index in [-0.39, 0.29) is 5.56 Å². The number of carboxylic acids is 1. The fourth-order valence-electron chi connectivity index (χ4n) is 1.37. The van der Waals surface area contributed by atoms with E-state index in [0.29, 0.717) is 16.0 Å². The first kappa shape index (κ1) is 13.4. The highest BCUT2D eigenvalue weighted by atomic mass is 127. The van der Waals surface area contributed by atoms with Gasteiger partial charge in [0.05, 0.1) is 10.0 Å². The third-order valence-electron chi connectivity index (χ3n) is 2.20. The van der Waals surface area contributed by atoms with Gasteiger partial charge in [0.25, 0.3) is 0 Å². The molecule has 2 aromatic rings. The molecule has 5 heteroatoms. The second kappa shape index (κ2) is 5.71.